The van der Waals surface area contributed by atoms with E-state index in [0.717, 1.165) is 4.90 Å². The Bertz CT molecular complexity index is 376. The van der Waals surface area contributed by atoms with Gasteiger partial charge in [-0.15, -0.1) is 0 Å². The number of barbiturate groups is 1. The lowest BCUT2D eigenvalue weighted by molar-refractivity contribution is -0.149. The van der Waals surface area contributed by atoms with Crippen LogP contribution < -0.4 is 5.32 Å². The van der Waals surface area contributed by atoms with Crippen molar-refractivity contribution in [2.45, 2.75) is 33.2 Å². The second-order valence-corrected chi connectivity index (χ2v) is 5.44. The Kier molecular flexibility index (Phi) is 4.11. The largest absolute Gasteiger partial charge is 0.382 e. The first-order valence-corrected chi connectivity index (χ1v) is 5.90. The highest BCUT2D eigenvalue weighted by atomic mass is 16.5. The summed E-state index contributed by atoms with van der Waals surface area (Å²) in [4.78, 5) is 36.9. The molecule has 0 aliphatic carbocycles. The van der Waals surface area contributed by atoms with Crippen LogP contribution in [0.2, 0.25) is 0 Å². The Morgan fingerprint density at radius 2 is 1.89 bits per heavy atom. The van der Waals surface area contributed by atoms with E-state index in [1.165, 1.54) is 7.11 Å². The van der Waals surface area contributed by atoms with Gasteiger partial charge in [-0.05, 0) is 19.8 Å². The highest BCUT2D eigenvalue weighted by molar-refractivity contribution is 6.16. The lowest BCUT2D eigenvalue weighted by Gasteiger charge is -2.41. The second-order valence-electron chi connectivity index (χ2n) is 5.44. The summed E-state index contributed by atoms with van der Waals surface area (Å²) in [6.07, 6.45) is 0. The van der Waals surface area contributed by atoms with Gasteiger partial charge in [0.25, 0.3) is 0 Å². The van der Waals surface area contributed by atoms with E-state index in [1.54, 1.807) is 27.7 Å². The van der Waals surface area contributed by atoms with Gasteiger partial charge in [-0.1, -0.05) is 13.8 Å². The van der Waals surface area contributed by atoms with Gasteiger partial charge in [-0.25, -0.2) is 4.79 Å². The van der Waals surface area contributed by atoms with Crippen LogP contribution in [0.15, 0.2) is 0 Å². The Labute approximate surface area is 107 Å². The van der Waals surface area contributed by atoms with Crippen molar-refractivity contribution in [2.75, 3.05) is 13.7 Å². The van der Waals surface area contributed by atoms with Crippen LogP contribution >= 0.6 is 0 Å². The molecule has 18 heavy (non-hydrogen) atoms. The van der Waals surface area contributed by atoms with Gasteiger partial charge in [-0.2, -0.15) is 0 Å². The predicted octanol–water partition coefficient (Wildman–Crippen LogP) is 0.762. The zero-order valence-corrected chi connectivity index (χ0v) is 11.4. The lowest BCUT2D eigenvalue weighted by atomic mass is 9.89. The van der Waals surface area contributed by atoms with Crippen LogP contribution in [0.4, 0.5) is 4.79 Å². The van der Waals surface area contributed by atoms with Crippen molar-refractivity contribution in [3.8, 4) is 0 Å². The van der Waals surface area contributed by atoms with Gasteiger partial charge in [0.05, 0.1) is 12.1 Å². The van der Waals surface area contributed by atoms with Gasteiger partial charge in [-0.3, -0.25) is 19.8 Å². The fraction of sp³-hybridized carbons (Fsp3) is 0.750. The number of carbonyl (C=O) groups is 3. The van der Waals surface area contributed by atoms with Crippen LogP contribution in [-0.2, 0) is 14.3 Å². The van der Waals surface area contributed by atoms with E-state index in [0.29, 0.717) is 0 Å². The molecule has 0 radical (unpaired) electrons. The van der Waals surface area contributed by atoms with Crippen molar-refractivity contribution in [2.24, 2.45) is 11.8 Å². The highest BCUT2D eigenvalue weighted by Crippen LogP contribution is 2.25. The first kappa shape index (κ1) is 14.6. The monoisotopic (exact) mass is 256 g/mol. The highest BCUT2D eigenvalue weighted by Gasteiger charge is 2.47. The average Bonchev–Trinajstić information content (AvgIpc) is 2.14. The number of carbonyl (C=O) groups excluding carboxylic acids is 3. The van der Waals surface area contributed by atoms with Crippen molar-refractivity contribution >= 4 is 17.8 Å². The Morgan fingerprint density at radius 3 is 2.33 bits per heavy atom. The molecule has 1 aliphatic heterocycles. The lowest BCUT2D eigenvalue weighted by Crippen LogP contribution is -2.66. The first-order chi connectivity index (χ1) is 8.22. The van der Waals surface area contributed by atoms with Crippen molar-refractivity contribution in [3.63, 3.8) is 0 Å². The molecule has 1 atom stereocenters. The third-order valence-electron chi connectivity index (χ3n) is 2.97. The zero-order valence-electron chi connectivity index (χ0n) is 11.4. The van der Waals surface area contributed by atoms with E-state index in [9.17, 15) is 14.4 Å². The molecule has 0 bridgehead atoms. The first-order valence-electron chi connectivity index (χ1n) is 5.90. The predicted molar refractivity (Wildman–Crippen MR) is 64.7 cm³/mol. The molecule has 1 aliphatic rings. The molecule has 0 aromatic carbocycles. The van der Waals surface area contributed by atoms with Crippen LogP contribution in [0, 0.1) is 11.8 Å². The third kappa shape index (κ3) is 2.53. The quantitative estimate of drug-likeness (QED) is 0.753. The number of hydrogen-bond acceptors (Lipinski definition) is 4. The van der Waals surface area contributed by atoms with Crippen molar-refractivity contribution < 1.29 is 19.1 Å². The molecule has 1 fully saturated rings. The SMILES string of the molecule is COCC(C)(C)N1C(=O)NC(=O)C(C(C)C)C1=O. The molecule has 0 spiro atoms. The molecule has 1 saturated heterocycles. The van der Waals surface area contributed by atoms with Crippen LogP contribution in [0.5, 0.6) is 0 Å². The van der Waals surface area contributed by atoms with E-state index in [1.807, 2.05) is 0 Å². The topological polar surface area (TPSA) is 75.7 Å². The molecule has 0 aromatic rings. The number of rotatable bonds is 4. The van der Waals surface area contributed by atoms with Gasteiger partial charge in [0.1, 0.15) is 5.92 Å². The van der Waals surface area contributed by atoms with Crippen LogP contribution in [-0.4, -0.2) is 42.0 Å². The number of nitrogens with one attached hydrogen (secondary N) is 1. The zero-order chi connectivity index (χ0) is 14.1. The van der Waals surface area contributed by atoms with Crippen molar-refractivity contribution in [3.05, 3.63) is 0 Å². The summed E-state index contributed by atoms with van der Waals surface area (Å²) >= 11 is 0. The third-order valence-corrected chi connectivity index (χ3v) is 2.97. The molecular formula is C12H20N2O4. The number of nitrogens with zero attached hydrogens (tertiary/aromatic N) is 1. The van der Waals surface area contributed by atoms with Gasteiger partial charge >= 0.3 is 6.03 Å². The summed E-state index contributed by atoms with van der Waals surface area (Å²) in [7, 11) is 1.50. The summed E-state index contributed by atoms with van der Waals surface area (Å²) in [6.45, 7) is 7.21. The van der Waals surface area contributed by atoms with Gasteiger partial charge < -0.3 is 4.74 Å². The van der Waals surface area contributed by atoms with Gasteiger partial charge in [0.15, 0.2) is 0 Å². The smallest absolute Gasteiger partial charge is 0.331 e. The fourth-order valence-corrected chi connectivity index (χ4v) is 2.17. The fourth-order valence-electron chi connectivity index (χ4n) is 2.17. The minimum atomic E-state index is -0.821. The molecule has 1 heterocycles. The molecular weight excluding hydrogens is 236 g/mol. The summed E-state index contributed by atoms with van der Waals surface area (Å²) in [5.41, 5.74) is -0.788. The minimum Gasteiger partial charge on any atom is -0.382 e. The van der Waals surface area contributed by atoms with E-state index in [2.05, 4.69) is 5.32 Å². The van der Waals surface area contributed by atoms with Crippen molar-refractivity contribution in [1.29, 1.82) is 0 Å². The molecule has 0 aromatic heterocycles. The van der Waals surface area contributed by atoms with Gasteiger partial charge in [0, 0.05) is 7.11 Å². The van der Waals surface area contributed by atoms with E-state index in [4.69, 9.17) is 4.74 Å². The maximum Gasteiger partial charge on any atom is 0.331 e. The number of imide groups is 2. The standard InChI is InChI=1S/C12H20N2O4/c1-7(2)8-9(15)13-11(17)14(10(8)16)12(3,4)6-18-5/h7-8H,6H2,1-5H3,(H,13,15,17). The molecule has 6 nitrogen and oxygen atoms in total. The average molecular weight is 256 g/mol. The number of urea groups is 1. The maximum atomic E-state index is 12.3. The molecule has 0 saturated carbocycles. The van der Waals surface area contributed by atoms with Crippen LogP contribution in [0.3, 0.4) is 0 Å². The Balaban J connectivity index is 3.08. The molecule has 4 amide bonds. The van der Waals surface area contributed by atoms with Crippen LogP contribution in [0.1, 0.15) is 27.7 Å². The number of hydrogen-bond donors (Lipinski definition) is 1. The van der Waals surface area contributed by atoms with Crippen LogP contribution in [0.25, 0.3) is 0 Å². The summed E-state index contributed by atoms with van der Waals surface area (Å²) in [6, 6.07) is -0.677. The molecule has 1 rings (SSSR count). The van der Waals surface area contributed by atoms with E-state index < -0.39 is 29.3 Å². The Morgan fingerprint density at radius 1 is 1.33 bits per heavy atom. The second kappa shape index (κ2) is 5.06. The number of amides is 4. The molecule has 102 valence electrons. The maximum absolute atomic E-state index is 12.3. The van der Waals surface area contributed by atoms with E-state index in [-0.39, 0.29) is 12.5 Å². The molecule has 1 N–H and O–H groups in total. The minimum absolute atomic E-state index is 0.161. The Hall–Kier alpha value is -1.43. The normalized spacial score (nSPS) is 21.6. The summed E-state index contributed by atoms with van der Waals surface area (Å²) < 4.78 is 5.02. The van der Waals surface area contributed by atoms with Gasteiger partial charge in [0.2, 0.25) is 11.8 Å². The number of methoxy groups -OCH3 is 1. The molecule has 1 unspecified atom stereocenters. The number of ether oxygens (including phenoxy) is 1. The summed E-state index contributed by atoms with van der Waals surface area (Å²) in [5.74, 6) is -1.96. The van der Waals surface area contributed by atoms with E-state index >= 15 is 0 Å². The van der Waals surface area contributed by atoms with Crippen molar-refractivity contribution in [1.82, 2.24) is 10.2 Å². The summed E-state index contributed by atoms with van der Waals surface area (Å²) in [5, 5.41) is 2.23. The molecule has 6 heteroatoms.